The molecule has 1 aromatic rings. The Morgan fingerprint density at radius 2 is 2.28 bits per heavy atom. The maximum atomic E-state index is 12.1. The van der Waals surface area contributed by atoms with Gasteiger partial charge in [-0.3, -0.25) is 5.10 Å². The van der Waals surface area contributed by atoms with Gasteiger partial charge in [-0.05, 0) is 6.42 Å². The molecule has 1 saturated carbocycles. The smallest absolute Gasteiger partial charge is 0.246 e. The highest BCUT2D eigenvalue weighted by Gasteiger charge is 2.50. The first-order valence-corrected chi connectivity index (χ1v) is 7.11. The summed E-state index contributed by atoms with van der Waals surface area (Å²) in [6.45, 7) is 3.94. The fourth-order valence-corrected chi connectivity index (χ4v) is 3.66. The van der Waals surface area contributed by atoms with Crippen molar-refractivity contribution in [2.24, 2.45) is 5.41 Å². The SMILES string of the molecule is COC1CC(NS(=O)(=O)c2cn[nH]c2N)C1(C)C. The molecule has 2 atom stereocenters. The molecule has 102 valence electrons. The number of nitrogens with two attached hydrogens (primary N) is 1. The third-order valence-corrected chi connectivity index (χ3v) is 5.18. The summed E-state index contributed by atoms with van der Waals surface area (Å²) in [5.74, 6) is 0.0444. The molecule has 7 nitrogen and oxygen atoms in total. The summed E-state index contributed by atoms with van der Waals surface area (Å²) in [4.78, 5) is -0.0147. The van der Waals surface area contributed by atoms with E-state index in [1.807, 2.05) is 13.8 Å². The van der Waals surface area contributed by atoms with Gasteiger partial charge in [-0.2, -0.15) is 5.10 Å². The number of nitrogens with zero attached hydrogens (tertiary/aromatic N) is 1. The number of aromatic amines is 1. The van der Waals surface area contributed by atoms with E-state index in [-0.39, 0.29) is 28.3 Å². The molecule has 1 fully saturated rings. The van der Waals surface area contributed by atoms with Gasteiger partial charge in [0.05, 0.1) is 12.3 Å². The lowest BCUT2D eigenvalue weighted by atomic mass is 9.65. The molecule has 0 radical (unpaired) electrons. The number of anilines is 1. The molecule has 0 spiro atoms. The number of hydrogen-bond donors (Lipinski definition) is 3. The lowest BCUT2D eigenvalue weighted by Gasteiger charge is -2.50. The molecule has 2 rings (SSSR count). The maximum absolute atomic E-state index is 12.1. The first kappa shape index (κ1) is 13.3. The van der Waals surface area contributed by atoms with Gasteiger partial charge in [-0.1, -0.05) is 13.8 Å². The van der Waals surface area contributed by atoms with E-state index in [4.69, 9.17) is 10.5 Å². The summed E-state index contributed by atoms with van der Waals surface area (Å²) in [5.41, 5.74) is 5.29. The minimum atomic E-state index is -3.63. The normalized spacial score (nSPS) is 26.8. The van der Waals surface area contributed by atoms with Crippen molar-refractivity contribution in [3.05, 3.63) is 6.20 Å². The Morgan fingerprint density at radius 1 is 1.61 bits per heavy atom. The van der Waals surface area contributed by atoms with Crippen LogP contribution in [-0.2, 0) is 14.8 Å². The van der Waals surface area contributed by atoms with Crippen molar-refractivity contribution in [2.75, 3.05) is 12.8 Å². The van der Waals surface area contributed by atoms with Crippen molar-refractivity contribution in [2.45, 2.75) is 37.3 Å². The Balaban J connectivity index is 2.14. The van der Waals surface area contributed by atoms with Gasteiger partial charge in [0.2, 0.25) is 10.0 Å². The summed E-state index contributed by atoms with van der Waals surface area (Å²) in [7, 11) is -2.00. The topological polar surface area (TPSA) is 110 Å². The van der Waals surface area contributed by atoms with Gasteiger partial charge in [-0.15, -0.1) is 0 Å². The largest absolute Gasteiger partial charge is 0.383 e. The zero-order valence-corrected chi connectivity index (χ0v) is 11.4. The van der Waals surface area contributed by atoms with Crippen molar-refractivity contribution < 1.29 is 13.2 Å². The number of H-pyrrole nitrogens is 1. The van der Waals surface area contributed by atoms with Crippen LogP contribution in [0.2, 0.25) is 0 Å². The number of sulfonamides is 1. The van der Waals surface area contributed by atoms with E-state index in [2.05, 4.69) is 14.9 Å². The Bertz CT molecular complexity index is 537. The predicted octanol–water partition coefficient (Wildman–Crippen LogP) is 0.0837. The fourth-order valence-electron chi connectivity index (χ4n) is 2.24. The van der Waals surface area contributed by atoms with Crippen LogP contribution in [-0.4, -0.2) is 37.9 Å². The van der Waals surface area contributed by atoms with Crippen LogP contribution in [0.1, 0.15) is 20.3 Å². The molecule has 0 saturated heterocycles. The number of rotatable bonds is 4. The Hall–Kier alpha value is -1.12. The number of hydrogen-bond acceptors (Lipinski definition) is 5. The van der Waals surface area contributed by atoms with E-state index >= 15 is 0 Å². The van der Waals surface area contributed by atoms with Crippen LogP contribution in [0.3, 0.4) is 0 Å². The molecule has 0 amide bonds. The Labute approximate surface area is 106 Å². The minimum Gasteiger partial charge on any atom is -0.383 e. The first-order chi connectivity index (χ1) is 8.29. The average Bonchev–Trinajstić information content (AvgIpc) is 2.71. The van der Waals surface area contributed by atoms with E-state index in [0.29, 0.717) is 6.42 Å². The third kappa shape index (κ3) is 2.00. The van der Waals surface area contributed by atoms with Crippen molar-refractivity contribution >= 4 is 15.8 Å². The zero-order valence-electron chi connectivity index (χ0n) is 10.6. The van der Waals surface area contributed by atoms with Crippen molar-refractivity contribution in [3.63, 3.8) is 0 Å². The molecule has 8 heteroatoms. The highest BCUT2D eigenvalue weighted by Crippen LogP contribution is 2.43. The molecule has 2 unspecified atom stereocenters. The van der Waals surface area contributed by atoms with Crippen LogP contribution in [0.4, 0.5) is 5.82 Å². The number of nitrogen functional groups attached to an aromatic ring is 1. The van der Waals surface area contributed by atoms with Gasteiger partial charge in [0.15, 0.2) is 0 Å². The number of ether oxygens (including phenoxy) is 1. The van der Waals surface area contributed by atoms with Crippen LogP contribution < -0.4 is 10.5 Å². The molecule has 0 aromatic carbocycles. The molecule has 1 heterocycles. The van der Waals surface area contributed by atoms with E-state index < -0.39 is 10.0 Å². The van der Waals surface area contributed by atoms with Gasteiger partial charge in [0.25, 0.3) is 0 Å². The van der Waals surface area contributed by atoms with Crippen molar-refractivity contribution in [1.82, 2.24) is 14.9 Å². The van der Waals surface area contributed by atoms with Crippen LogP contribution >= 0.6 is 0 Å². The van der Waals surface area contributed by atoms with E-state index in [1.165, 1.54) is 6.20 Å². The highest BCUT2D eigenvalue weighted by atomic mass is 32.2. The molecular weight excluding hydrogens is 256 g/mol. The molecule has 18 heavy (non-hydrogen) atoms. The van der Waals surface area contributed by atoms with Gasteiger partial charge in [0, 0.05) is 18.6 Å². The summed E-state index contributed by atoms with van der Waals surface area (Å²) in [5, 5.41) is 6.02. The molecule has 1 aliphatic rings. The monoisotopic (exact) mass is 274 g/mol. The van der Waals surface area contributed by atoms with E-state index in [0.717, 1.165) is 0 Å². The summed E-state index contributed by atoms with van der Waals surface area (Å²) in [6.07, 6.45) is 1.92. The Kier molecular flexibility index (Phi) is 3.12. The predicted molar refractivity (Wildman–Crippen MR) is 66.3 cm³/mol. The first-order valence-electron chi connectivity index (χ1n) is 5.63. The fraction of sp³-hybridized carbons (Fsp3) is 0.700. The van der Waals surface area contributed by atoms with Crippen molar-refractivity contribution in [3.8, 4) is 0 Å². The van der Waals surface area contributed by atoms with Gasteiger partial charge < -0.3 is 10.5 Å². The quantitative estimate of drug-likeness (QED) is 0.720. The Morgan fingerprint density at radius 3 is 2.72 bits per heavy atom. The summed E-state index contributed by atoms with van der Waals surface area (Å²) >= 11 is 0. The number of nitrogens with one attached hydrogen (secondary N) is 2. The zero-order chi connectivity index (χ0) is 13.6. The molecule has 1 aliphatic carbocycles. The van der Waals surface area contributed by atoms with Crippen LogP contribution in [0.15, 0.2) is 11.1 Å². The highest BCUT2D eigenvalue weighted by molar-refractivity contribution is 7.89. The maximum Gasteiger partial charge on any atom is 0.246 e. The van der Waals surface area contributed by atoms with E-state index in [9.17, 15) is 8.42 Å². The van der Waals surface area contributed by atoms with Crippen molar-refractivity contribution in [1.29, 1.82) is 0 Å². The third-order valence-electron chi connectivity index (χ3n) is 3.68. The van der Waals surface area contributed by atoms with Gasteiger partial charge in [-0.25, -0.2) is 13.1 Å². The average molecular weight is 274 g/mol. The molecular formula is C10H18N4O3S. The second-order valence-corrected chi connectivity index (χ2v) is 6.79. The van der Waals surface area contributed by atoms with Gasteiger partial charge >= 0.3 is 0 Å². The molecule has 1 aromatic heterocycles. The van der Waals surface area contributed by atoms with Crippen LogP contribution in [0, 0.1) is 5.41 Å². The molecule has 4 N–H and O–H groups in total. The second kappa shape index (κ2) is 4.22. The second-order valence-electron chi connectivity index (χ2n) is 5.10. The van der Waals surface area contributed by atoms with Gasteiger partial charge in [0.1, 0.15) is 10.7 Å². The lowest BCUT2D eigenvalue weighted by Crippen LogP contribution is -2.61. The lowest BCUT2D eigenvalue weighted by molar-refractivity contribution is -0.0908. The van der Waals surface area contributed by atoms with E-state index in [1.54, 1.807) is 7.11 Å². The summed E-state index contributed by atoms with van der Waals surface area (Å²) in [6, 6.07) is -0.165. The number of aromatic nitrogens is 2. The molecule has 0 bridgehead atoms. The standard InChI is InChI=1S/C10H18N4O3S/c1-10(2)7(4-8(10)17-3)14-18(15,16)6-5-12-13-9(6)11/h5,7-8,14H,4H2,1-3H3,(H3,11,12,13). The number of methoxy groups -OCH3 is 1. The van der Waals surface area contributed by atoms with Crippen LogP contribution in [0.25, 0.3) is 0 Å². The summed E-state index contributed by atoms with van der Waals surface area (Å²) < 4.78 is 32.1. The van der Waals surface area contributed by atoms with Crippen LogP contribution in [0.5, 0.6) is 0 Å². The minimum absolute atomic E-state index is 0.0147. The molecule has 0 aliphatic heterocycles.